The average Bonchev–Trinajstić information content (AvgIpc) is 2.69. The fourth-order valence-corrected chi connectivity index (χ4v) is 4.40. The summed E-state index contributed by atoms with van der Waals surface area (Å²) >= 11 is 2.41. The SMILES string of the molecule is CC1(C(=O)OCCN2CCOCC2)CCN(CCN2CCN(I)CC2)CC1. The number of piperidine rings is 1. The zero-order valence-corrected chi connectivity index (χ0v) is 18.9. The summed E-state index contributed by atoms with van der Waals surface area (Å²) in [4.78, 5) is 20.0. The Bertz CT molecular complexity index is 460. The number of hydrogen-bond acceptors (Lipinski definition) is 7. The predicted octanol–water partition coefficient (Wildman–Crippen LogP) is 0.932. The molecule has 3 aliphatic heterocycles. The lowest BCUT2D eigenvalue weighted by Gasteiger charge is -2.39. The Labute approximate surface area is 177 Å². The second-order valence-corrected chi connectivity index (χ2v) is 9.61. The van der Waals surface area contributed by atoms with Crippen LogP contribution in [0.25, 0.3) is 0 Å². The molecular formula is C19H35IN4O3. The molecule has 0 saturated carbocycles. The molecule has 3 aliphatic rings. The molecule has 0 bridgehead atoms. The van der Waals surface area contributed by atoms with E-state index in [1.165, 1.54) is 13.1 Å². The van der Waals surface area contributed by atoms with Gasteiger partial charge in [0.25, 0.3) is 0 Å². The fourth-order valence-electron chi connectivity index (χ4n) is 3.97. The molecule has 0 aromatic rings. The lowest BCUT2D eigenvalue weighted by molar-refractivity contribution is -0.158. The monoisotopic (exact) mass is 494 g/mol. The third kappa shape index (κ3) is 6.78. The molecule has 0 radical (unpaired) electrons. The Morgan fingerprint density at radius 3 is 2.07 bits per heavy atom. The largest absolute Gasteiger partial charge is 0.464 e. The molecular weight excluding hydrogens is 459 g/mol. The molecule has 0 N–H and O–H groups in total. The van der Waals surface area contributed by atoms with Crippen molar-refractivity contribution in [2.75, 3.05) is 91.8 Å². The average molecular weight is 494 g/mol. The van der Waals surface area contributed by atoms with Crippen molar-refractivity contribution in [2.24, 2.45) is 5.41 Å². The summed E-state index contributed by atoms with van der Waals surface area (Å²) in [6.45, 7) is 15.8. The molecule has 0 unspecified atom stereocenters. The van der Waals surface area contributed by atoms with Crippen molar-refractivity contribution < 1.29 is 14.3 Å². The number of esters is 1. The number of likely N-dealkylation sites (tertiary alicyclic amines) is 1. The molecule has 0 aromatic carbocycles. The van der Waals surface area contributed by atoms with Crippen LogP contribution in [0.4, 0.5) is 0 Å². The Morgan fingerprint density at radius 1 is 0.889 bits per heavy atom. The Morgan fingerprint density at radius 2 is 1.44 bits per heavy atom. The van der Waals surface area contributed by atoms with E-state index >= 15 is 0 Å². The highest BCUT2D eigenvalue weighted by molar-refractivity contribution is 14.1. The number of rotatable bonds is 7. The summed E-state index contributed by atoms with van der Waals surface area (Å²) < 4.78 is 13.4. The van der Waals surface area contributed by atoms with Crippen molar-refractivity contribution in [1.29, 1.82) is 0 Å². The summed E-state index contributed by atoms with van der Waals surface area (Å²) in [5.74, 6) is -0.00595. The molecule has 0 aromatic heterocycles. The molecule has 0 aliphatic carbocycles. The van der Waals surface area contributed by atoms with Gasteiger partial charge in [0.2, 0.25) is 0 Å². The van der Waals surface area contributed by atoms with Gasteiger partial charge in [-0.25, -0.2) is 3.11 Å². The van der Waals surface area contributed by atoms with E-state index in [-0.39, 0.29) is 11.4 Å². The van der Waals surface area contributed by atoms with Crippen LogP contribution < -0.4 is 0 Å². The van der Waals surface area contributed by atoms with Gasteiger partial charge in [-0.2, -0.15) is 0 Å². The number of morpholine rings is 1. The third-order valence-electron chi connectivity index (χ3n) is 6.25. The van der Waals surface area contributed by atoms with E-state index in [1.54, 1.807) is 0 Å². The van der Waals surface area contributed by atoms with Gasteiger partial charge in [0.05, 0.1) is 18.6 Å². The van der Waals surface area contributed by atoms with Crippen molar-refractivity contribution in [1.82, 2.24) is 17.8 Å². The highest BCUT2D eigenvalue weighted by Crippen LogP contribution is 2.32. The van der Waals surface area contributed by atoms with Crippen LogP contribution in [0.15, 0.2) is 0 Å². The number of ether oxygens (including phenoxy) is 2. The first kappa shape index (κ1) is 21.7. The number of carbonyl (C=O) groups excluding carboxylic acids is 1. The zero-order valence-electron chi connectivity index (χ0n) is 16.7. The zero-order chi connectivity index (χ0) is 19.1. The normalized spacial score (nSPS) is 26.1. The van der Waals surface area contributed by atoms with Gasteiger partial charge in [-0.05, 0) is 32.9 Å². The summed E-state index contributed by atoms with van der Waals surface area (Å²) in [5, 5.41) is 0. The summed E-state index contributed by atoms with van der Waals surface area (Å²) in [6.07, 6.45) is 1.82. The van der Waals surface area contributed by atoms with Crippen molar-refractivity contribution in [3.63, 3.8) is 0 Å². The van der Waals surface area contributed by atoms with Crippen LogP contribution in [0.5, 0.6) is 0 Å². The molecule has 0 amide bonds. The van der Waals surface area contributed by atoms with Gasteiger partial charge in [-0.1, -0.05) is 0 Å². The number of nitrogens with zero attached hydrogens (tertiary/aromatic N) is 4. The maximum absolute atomic E-state index is 12.6. The van der Waals surface area contributed by atoms with Gasteiger partial charge in [0, 0.05) is 81.8 Å². The molecule has 3 fully saturated rings. The fraction of sp³-hybridized carbons (Fsp3) is 0.947. The minimum absolute atomic E-state index is 0.00595. The quantitative estimate of drug-likeness (QED) is 0.297. The van der Waals surface area contributed by atoms with Gasteiger partial charge in [-0.3, -0.25) is 14.6 Å². The molecule has 3 saturated heterocycles. The van der Waals surface area contributed by atoms with E-state index in [4.69, 9.17) is 9.47 Å². The van der Waals surface area contributed by atoms with Gasteiger partial charge in [0.1, 0.15) is 6.61 Å². The van der Waals surface area contributed by atoms with E-state index in [0.717, 1.165) is 85.0 Å². The van der Waals surface area contributed by atoms with E-state index in [1.807, 2.05) is 0 Å². The van der Waals surface area contributed by atoms with E-state index in [9.17, 15) is 4.79 Å². The minimum atomic E-state index is -0.311. The van der Waals surface area contributed by atoms with Crippen LogP contribution in [0.2, 0.25) is 0 Å². The second-order valence-electron chi connectivity index (χ2n) is 8.24. The lowest BCUT2D eigenvalue weighted by atomic mass is 9.80. The molecule has 156 valence electrons. The number of carbonyl (C=O) groups is 1. The molecule has 3 heterocycles. The van der Waals surface area contributed by atoms with E-state index in [0.29, 0.717) is 6.61 Å². The maximum Gasteiger partial charge on any atom is 0.311 e. The number of hydrogen-bond donors (Lipinski definition) is 0. The van der Waals surface area contributed by atoms with Crippen LogP contribution in [0, 0.1) is 5.41 Å². The number of halogens is 1. The molecule has 0 spiro atoms. The molecule has 0 atom stereocenters. The molecule has 7 nitrogen and oxygen atoms in total. The molecule has 27 heavy (non-hydrogen) atoms. The van der Waals surface area contributed by atoms with Gasteiger partial charge in [-0.15, -0.1) is 0 Å². The Hall–Kier alpha value is -0.000000000000000222. The Kier molecular flexibility index (Phi) is 8.59. The van der Waals surface area contributed by atoms with Crippen LogP contribution in [-0.2, 0) is 14.3 Å². The molecule has 3 rings (SSSR count). The van der Waals surface area contributed by atoms with Crippen molar-refractivity contribution in [3.8, 4) is 0 Å². The van der Waals surface area contributed by atoms with Crippen LogP contribution in [-0.4, -0.2) is 116 Å². The summed E-state index contributed by atoms with van der Waals surface area (Å²) in [7, 11) is 0. The molecule has 8 heteroatoms. The van der Waals surface area contributed by atoms with Crippen molar-refractivity contribution >= 4 is 28.8 Å². The number of piperazine rings is 1. The van der Waals surface area contributed by atoms with Gasteiger partial charge < -0.3 is 14.4 Å². The summed E-state index contributed by atoms with van der Waals surface area (Å²) in [5.41, 5.74) is -0.311. The van der Waals surface area contributed by atoms with Gasteiger partial charge >= 0.3 is 5.97 Å². The van der Waals surface area contributed by atoms with Crippen LogP contribution >= 0.6 is 22.9 Å². The van der Waals surface area contributed by atoms with Crippen molar-refractivity contribution in [2.45, 2.75) is 19.8 Å². The first-order chi connectivity index (χ1) is 13.0. The van der Waals surface area contributed by atoms with Crippen molar-refractivity contribution in [3.05, 3.63) is 0 Å². The topological polar surface area (TPSA) is 48.5 Å². The lowest BCUT2D eigenvalue weighted by Crippen LogP contribution is -2.48. The van der Waals surface area contributed by atoms with Crippen LogP contribution in [0.3, 0.4) is 0 Å². The summed E-state index contributed by atoms with van der Waals surface area (Å²) in [6, 6.07) is 0. The highest BCUT2D eigenvalue weighted by atomic mass is 127. The Balaban J connectivity index is 1.31. The minimum Gasteiger partial charge on any atom is -0.464 e. The predicted molar refractivity (Wildman–Crippen MR) is 114 cm³/mol. The maximum atomic E-state index is 12.6. The second kappa shape index (κ2) is 10.7. The third-order valence-corrected chi connectivity index (χ3v) is 7.21. The van der Waals surface area contributed by atoms with Gasteiger partial charge in [0.15, 0.2) is 0 Å². The van der Waals surface area contributed by atoms with E-state index < -0.39 is 0 Å². The highest BCUT2D eigenvalue weighted by Gasteiger charge is 2.38. The van der Waals surface area contributed by atoms with Crippen LogP contribution in [0.1, 0.15) is 19.8 Å². The first-order valence-corrected chi connectivity index (χ1v) is 11.3. The standard InChI is InChI=1S/C19H35IN4O3/c1-19(18(25)27-17-14-23-12-15-26-16-13-23)2-4-21(5-3-19)6-7-22-8-10-24(20)11-9-22/h2-17H2,1H3. The first-order valence-electron chi connectivity index (χ1n) is 10.4. The van der Waals surface area contributed by atoms with E-state index in [2.05, 4.69) is 47.6 Å². The smallest absolute Gasteiger partial charge is 0.311 e.